The van der Waals surface area contributed by atoms with Crippen LogP contribution in [0.3, 0.4) is 0 Å². The quantitative estimate of drug-likeness (QED) is 0.741. The Balaban J connectivity index is 1.76. The van der Waals surface area contributed by atoms with Crippen molar-refractivity contribution < 1.29 is 13.5 Å². The molecule has 2 aliphatic heterocycles. The molecule has 2 fully saturated rings. The first-order valence-electron chi connectivity index (χ1n) is 6.53. The van der Waals surface area contributed by atoms with E-state index in [1.54, 1.807) is 6.20 Å². The second-order valence-electron chi connectivity index (χ2n) is 6.27. The fourth-order valence-electron chi connectivity index (χ4n) is 2.19. The van der Waals surface area contributed by atoms with Gasteiger partial charge in [-0.05, 0) is 27.7 Å². The molecule has 3 rings (SSSR count). The minimum atomic E-state index is -0.663. The van der Waals surface area contributed by atoms with Crippen molar-refractivity contribution in [2.45, 2.75) is 44.9 Å². The highest BCUT2D eigenvalue weighted by molar-refractivity contribution is 7.86. The molecule has 7 heteroatoms. The molecular formula is C12H19BN2O3S. The highest BCUT2D eigenvalue weighted by atomic mass is 32.2. The Hall–Kier alpha value is -0.655. The topological polar surface area (TPSA) is 53.4 Å². The summed E-state index contributed by atoms with van der Waals surface area (Å²) in [7, 11) is -1.03. The summed E-state index contributed by atoms with van der Waals surface area (Å²) in [6.45, 7) is 8.14. The van der Waals surface area contributed by atoms with Gasteiger partial charge in [0.2, 0.25) is 0 Å². The van der Waals surface area contributed by atoms with Gasteiger partial charge in [0.25, 0.3) is 0 Å². The molecule has 19 heavy (non-hydrogen) atoms. The third kappa shape index (κ3) is 2.17. The van der Waals surface area contributed by atoms with Crippen molar-refractivity contribution >= 4 is 23.4 Å². The van der Waals surface area contributed by atoms with E-state index in [0.717, 1.165) is 5.46 Å². The van der Waals surface area contributed by atoms with Crippen molar-refractivity contribution in [3.8, 4) is 0 Å². The van der Waals surface area contributed by atoms with Gasteiger partial charge in [-0.15, -0.1) is 0 Å². The van der Waals surface area contributed by atoms with E-state index in [1.165, 1.54) is 0 Å². The van der Waals surface area contributed by atoms with E-state index in [1.807, 2.05) is 38.6 Å². The Bertz CT molecular complexity index is 505. The maximum atomic E-state index is 11.1. The van der Waals surface area contributed by atoms with E-state index < -0.39 is 10.8 Å². The Morgan fingerprint density at radius 1 is 1.32 bits per heavy atom. The number of aromatic nitrogens is 2. The van der Waals surface area contributed by atoms with Crippen LogP contribution in [0.2, 0.25) is 0 Å². The van der Waals surface area contributed by atoms with Gasteiger partial charge in [-0.25, -0.2) is 0 Å². The lowest BCUT2D eigenvalue weighted by atomic mass is 9.82. The van der Waals surface area contributed by atoms with Crippen molar-refractivity contribution in [3.63, 3.8) is 0 Å². The van der Waals surface area contributed by atoms with Crippen molar-refractivity contribution in [2.75, 3.05) is 11.5 Å². The molecule has 0 aliphatic carbocycles. The fraction of sp³-hybridized carbons (Fsp3) is 0.750. The zero-order valence-electron chi connectivity index (χ0n) is 11.8. The molecule has 1 aromatic heterocycles. The molecule has 0 spiro atoms. The maximum absolute atomic E-state index is 11.1. The monoisotopic (exact) mass is 282 g/mol. The van der Waals surface area contributed by atoms with Crippen LogP contribution < -0.4 is 5.46 Å². The van der Waals surface area contributed by atoms with Crippen LogP contribution in [0.5, 0.6) is 0 Å². The Morgan fingerprint density at radius 2 is 1.89 bits per heavy atom. The van der Waals surface area contributed by atoms with Gasteiger partial charge in [0.05, 0.1) is 17.2 Å². The predicted molar refractivity (Wildman–Crippen MR) is 74.9 cm³/mol. The summed E-state index contributed by atoms with van der Waals surface area (Å²) in [5.41, 5.74) is 0.256. The minimum Gasteiger partial charge on any atom is -0.399 e. The first-order valence-corrected chi connectivity index (χ1v) is 8.02. The van der Waals surface area contributed by atoms with Gasteiger partial charge in [0, 0.05) is 40.2 Å². The first-order chi connectivity index (χ1) is 8.78. The third-order valence-corrected chi connectivity index (χ3v) is 5.79. The molecule has 3 heterocycles. The Labute approximate surface area is 116 Å². The molecule has 0 amide bonds. The number of nitrogens with zero attached hydrogens (tertiary/aromatic N) is 2. The highest BCUT2D eigenvalue weighted by Gasteiger charge is 2.52. The van der Waals surface area contributed by atoms with Crippen LogP contribution >= 0.6 is 0 Å². The van der Waals surface area contributed by atoms with Gasteiger partial charge in [-0.1, -0.05) is 0 Å². The van der Waals surface area contributed by atoms with Gasteiger partial charge in [-0.2, -0.15) is 5.10 Å². The van der Waals surface area contributed by atoms with Gasteiger partial charge >= 0.3 is 7.12 Å². The average molecular weight is 282 g/mol. The summed E-state index contributed by atoms with van der Waals surface area (Å²) in [5.74, 6) is 1.40. The molecular weight excluding hydrogens is 263 g/mol. The van der Waals surface area contributed by atoms with E-state index in [2.05, 4.69) is 5.10 Å². The Kier molecular flexibility index (Phi) is 2.92. The lowest BCUT2D eigenvalue weighted by Gasteiger charge is -2.32. The lowest BCUT2D eigenvalue weighted by molar-refractivity contribution is 0.00578. The van der Waals surface area contributed by atoms with Crippen LogP contribution in [0.4, 0.5) is 0 Å². The molecule has 2 saturated heterocycles. The summed E-state index contributed by atoms with van der Waals surface area (Å²) in [6, 6.07) is 0.261. The second kappa shape index (κ2) is 4.17. The SMILES string of the molecule is CC1(C)OB(c2cnn(C3CS(=O)C3)c2)OC1(C)C. The normalized spacial score (nSPS) is 32.3. The van der Waals surface area contributed by atoms with E-state index in [4.69, 9.17) is 9.31 Å². The standard InChI is InChI=1S/C12H19BN2O3S/c1-11(2)12(3,4)18-13(17-11)9-5-14-15(6-9)10-7-19(16)8-10/h5-6,10H,7-8H2,1-4H3. The molecule has 0 aromatic carbocycles. The molecule has 2 aliphatic rings. The van der Waals surface area contributed by atoms with Crippen LogP contribution in [0.15, 0.2) is 12.4 Å². The average Bonchev–Trinajstić information content (AvgIpc) is 2.78. The zero-order chi connectivity index (χ0) is 13.8. The predicted octanol–water partition coefficient (Wildman–Crippen LogP) is 0.486. The Morgan fingerprint density at radius 3 is 2.42 bits per heavy atom. The molecule has 0 atom stereocenters. The third-order valence-electron chi connectivity index (χ3n) is 4.28. The maximum Gasteiger partial charge on any atom is 0.498 e. The zero-order valence-corrected chi connectivity index (χ0v) is 12.6. The summed E-state index contributed by atoms with van der Waals surface area (Å²) < 4.78 is 25.0. The summed E-state index contributed by atoms with van der Waals surface area (Å²) in [6.07, 6.45) is 3.73. The van der Waals surface area contributed by atoms with Crippen LogP contribution in [0.1, 0.15) is 33.7 Å². The molecule has 0 radical (unpaired) electrons. The summed E-state index contributed by atoms with van der Waals surface area (Å²) in [4.78, 5) is 0. The minimum absolute atomic E-state index is 0.261. The van der Waals surface area contributed by atoms with Crippen LogP contribution in [0.25, 0.3) is 0 Å². The largest absolute Gasteiger partial charge is 0.498 e. The molecule has 0 N–H and O–H groups in total. The van der Waals surface area contributed by atoms with Crippen molar-refractivity contribution in [1.29, 1.82) is 0 Å². The van der Waals surface area contributed by atoms with Crippen LogP contribution in [0, 0.1) is 0 Å². The lowest BCUT2D eigenvalue weighted by Crippen LogP contribution is -2.41. The number of rotatable bonds is 2. The molecule has 0 bridgehead atoms. The van der Waals surface area contributed by atoms with Gasteiger partial charge in [0.1, 0.15) is 0 Å². The van der Waals surface area contributed by atoms with Crippen LogP contribution in [-0.4, -0.2) is 43.8 Å². The van der Waals surface area contributed by atoms with Crippen molar-refractivity contribution in [3.05, 3.63) is 12.4 Å². The molecule has 1 aromatic rings. The van der Waals surface area contributed by atoms with Gasteiger partial charge < -0.3 is 9.31 Å². The van der Waals surface area contributed by atoms with E-state index in [9.17, 15) is 4.21 Å². The number of hydrogen-bond acceptors (Lipinski definition) is 4. The second-order valence-corrected chi connectivity index (χ2v) is 7.82. The van der Waals surface area contributed by atoms with Gasteiger partial charge in [-0.3, -0.25) is 8.89 Å². The molecule has 0 saturated carbocycles. The van der Waals surface area contributed by atoms with Crippen molar-refractivity contribution in [2.24, 2.45) is 0 Å². The fourth-order valence-corrected chi connectivity index (χ4v) is 3.25. The summed E-state index contributed by atoms with van der Waals surface area (Å²) >= 11 is 0. The summed E-state index contributed by atoms with van der Waals surface area (Å²) in [5, 5.41) is 4.33. The number of hydrogen-bond donors (Lipinski definition) is 0. The first kappa shape index (κ1) is 13.3. The molecule has 5 nitrogen and oxygen atoms in total. The molecule has 104 valence electrons. The van der Waals surface area contributed by atoms with E-state index >= 15 is 0 Å². The van der Waals surface area contributed by atoms with Crippen LogP contribution in [-0.2, 0) is 20.1 Å². The highest BCUT2D eigenvalue weighted by Crippen LogP contribution is 2.36. The smallest absolute Gasteiger partial charge is 0.399 e. The van der Waals surface area contributed by atoms with E-state index in [-0.39, 0.29) is 24.4 Å². The van der Waals surface area contributed by atoms with Gasteiger partial charge in [0.15, 0.2) is 0 Å². The van der Waals surface area contributed by atoms with E-state index in [0.29, 0.717) is 11.5 Å². The molecule has 0 unspecified atom stereocenters. The van der Waals surface area contributed by atoms with Crippen molar-refractivity contribution in [1.82, 2.24) is 9.78 Å².